The lowest BCUT2D eigenvalue weighted by Crippen LogP contribution is -2.48. The Bertz CT molecular complexity index is 980. The van der Waals surface area contributed by atoms with Crippen molar-refractivity contribution in [2.45, 2.75) is 13.0 Å². The third kappa shape index (κ3) is 6.31. The molecule has 1 aliphatic heterocycles. The molecular weight excluding hydrogens is 471 g/mol. The number of piperazine rings is 1. The van der Waals surface area contributed by atoms with Crippen molar-refractivity contribution in [3.05, 3.63) is 74.0 Å². The lowest BCUT2D eigenvalue weighted by molar-refractivity contribution is -0.384. The normalized spacial score (nSPS) is 14.3. The highest BCUT2D eigenvalue weighted by Crippen LogP contribution is 2.18. The summed E-state index contributed by atoms with van der Waals surface area (Å²) in [5.41, 5.74) is 1.11. The average molecular weight is 493 g/mol. The van der Waals surface area contributed by atoms with Crippen molar-refractivity contribution in [3.8, 4) is 0 Å². The Morgan fingerprint density at radius 2 is 1.87 bits per heavy atom. The maximum Gasteiger partial charge on any atom is 0.269 e. The van der Waals surface area contributed by atoms with Gasteiger partial charge in [0.2, 0.25) is 5.91 Å². The van der Waals surface area contributed by atoms with E-state index < -0.39 is 16.6 Å². The number of hydrogen-bond acceptors (Lipinski definition) is 5. The molecule has 3 rings (SSSR count). The van der Waals surface area contributed by atoms with Gasteiger partial charge in [-0.2, -0.15) is 0 Å². The van der Waals surface area contributed by atoms with Gasteiger partial charge >= 0.3 is 0 Å². The number of nitro groups is 1. The molecule has 1 N–H and O–H groups in total. The molecule has 0 bridgehead atoms. The van der Waals surface area contributed by atoms with Crippen molar-refractivity contribution in [3.63, 3.8) is 0 Å². The number of amides is 2. The van der Waals surface area contributed by atoms with Gasteiger partial charge in [0.05, 0.1) is 10.5 Å². The van der Waals surface area contributed by atoms with Gasteiger partial charge in [0.15, 0.2) is 0 Å². The summed E-state index contributed by atoms with van der Waals surface area (Å²) in [7, 11) is 0. The van der Waals surface area contributed by atoms with Gasteiger partial charge in [-0.15, -0.1) is 0 Å². The van der Waals surface area contributed by atoms with E-state index in [4.69, 9.17) is 0 Å². The molecule has 1 saturated heterocycles. The van der Waals surface area contributed by atoms with Crippen LogP contribution in [0.5, 0.6) is 0 Å². The number of hydrogen-bond donors (Lipinski definition) is 1. The first-order valence-corrected chi connectivity index (χ1v) is 10.6. The Morgan fingerprint density at radius 3 is 2.58 bits per heavy atom. The Kier molecular flexibility index (Phi) is 7.69. The third-order valence-electron chi connectivity index (χ3n) is 5.05. The maximum atomic E-state index is 13.3. The van der Waals surface area contributed by atoms with Crippen molar-refractivity contribution in [2.75, 3.05) is 32.7 Å². The Balaban J connectivity index is 1.42. The number of carbonyl (C=O) groups is 2. The van der Waals surface area contributed by atoms with Crippen molar-refractivity contribution in [2.24, 2.45) is 0 Å². The highest BCUT2D eigenvalue weighted by molar-refractivity contribution is 9.10. The van der Waals surface area contributed by atoms with E-state index in [0.717, 1.165) is 11.6 Å². The molecule has 164 valence electrons. The lowest BCUT2D eigenvalue weighted by Gasteiger charge is -2.34. The van der Waals surface area contributed by atoms with E-state index in [1.807, 2.05) is 6.07 Å². The fourth-order valence-corrected chi connectivity index (χ4v) is 3.82. The van der Waals surface area contributed by atoms with Crippen molar-refractivity contribution >= 4 is 33.4 Å². The molecule has 0 unspecified atom stereocenters. The minimum Gasteiger partial charge on any atom is -0.351 e. The summed E-state index contributed by atoms with van der Waals surface area (Å²) >= 11 is 3.21. The van der Waals surface area contributed by atoms with Crippen molar-refractivity contribution < 1.29 is 18.9 Å². The molecule has 1 aliphatic rings. The van der Waals surface area contributed by atoms with Crippen LogP contribution in [0.4, 0.5) is 10.1 Å². The highest BCUT2D eigenvalue weighted by atomic mass is 79.9. The van der Waals surface area contributed by atoms with Crippen LogP contribution in [0.25, 0.3) is 0 Å². The molecule has 1 heterocycles. The van der Waals surface area contributed by atoms with Gasteiger partial charge < -0.3 is 10.2 Å². The van der Waals surface area contributed by atoms with Gasteiger partial charge in [0.1, 0.15) is 5.82 Å². The summed E-state index contributed by atoms with van der Waals surface area (Å²) < 4.78 is 13.8. The van der Waals surface area contributed by atoms with Crippen LogP contribution in [0, 0.1) is 15.9 Å². The number of nitrogens with zero attached hydrogens (tertiary/aromatic N) is 3. The standard InChI is InChI=1S/C21H22BrFN4O4/c22-19-5-4-16(23)13-18(19)21(29)24-7-6-20(28)26-10-8-25(9-11-26)14-15-2-1-3-17(12-15)27(30)31/h1-5,12-13H,6-11,14H2,(H,24,29). The van der Waals surface area contributed by atoms with Crippen LogP contribution in [-0.2, 0) is 11.3 Å². The lowest BCUT2D eigenvalue weighted by atomic mass is 10.1. The molecule has 31 heavy (non-hydrogen) atoms. The van der Waals surface area contributed by atoms with Crippen LogP contribution in [-0.4, -0.2) is 59.3 Å². The molecule has 0 atom stereocenters. The summed E-state index contributed by atoms with van der Waals surface area (Å²) in [6.45, 7) is 3.18. The van der Waals surface area contributed by atoms with Gasteiger partial charge in [0, 0.05) is 62.3 Å². The molecule has 0 aromatic heterocycles. The fraction of sp³-hybridized carbons (Fsp3) is 0.333. The van der Waals surface area contributed by atoms with Crippen LogP contribution >= 0.6 is 15.9 Å². The second kappa shape index (κ2) is 10.5. The number of nitro benzene ring substituents is 1. The monoisotopic (exact) mass is 492 g/mol. The summed E-state index contributed by atoms with van der Waals surface area (Å²) in [4.78, 5) is 39.0. The van der Waals surface area contributed by atoms with Gasteiger partial charge in [0.25, 0.3) is 11.6 Å². The summed E-state index contributed by atoms with van der Waals surface area (Å²) in [6, 6.07) is 10.4. The number of carbonyl (C=O) groups excluding carboxylic acids is 2. The Hall–Kier alpha value is -2.85. The van der Waals surface area contributed by atoms with Crippen molar-refractivity contribution in [1.29, 1.82) is 0 Å². The minimum atomic E-state index is -0.507. The van der Waals surface area contributed by atoms with E-state index in [1.165, 1.54) is 18.2 Å². The SMILES string of the molecule is O=C(NCCC(=O)N1CCN(Cc2cccc([N+](=O)[O-])c2)CC1)c1cc(F)ccc1Br. The molecule has 2 amide bonds. The first kappa shape index (κ1) is 22.8. The number of benzene rings is 2. The number of rotatable bonds is 7. The third-order valence-corrected chi connectivity index (χ3v) is 5.74. The molecule has 8 nitrogen and oxygen atoms in total. The number of nitrogens with one attached hydrogen (secondary N) is 1. The quantitative estimate of drug-likeness (QED) is 0.473. The predicted octanol–water partition coefficient (Wildman–Crippen LogP) is 2.96. The van der Waals surface area contributed by atoms with Crippen LogP contribution in [0.3, 0.4) is 0 Å². The van der Waals surface area contributed by atoms with E-state index in [-0.39, 0.29) is 30.1 Å². The zero-order valence-corrected chi connectivity index (χ0v) is 18.3. The molecule has 1 fully saturated rings. The van der Waals surface area contributed by atoms with E-state index in [1.54, 1.807) is 17.0 Å². The van der Waals surface area contributed by atoms with Crippen LogP contribution in [0.2, 0.25) is 0 Å². The number of non-ortho nitro benzene ring substituents is 1. The molecule has 0 saturated carbocycles. The zero-order valence-electron chi connectivity index (χ0n) is 16.7. The van der Waals surface area contributed by atoms with Gasteiger partial charge in [-0.1, -0.05) is 12.1 Å². The Morgan fingerprint density at radius 1 is 1.13 bits per heavy atom. The number of halogens is 2. The first-order chi connectivity index (χ1) is 14.8. The molecule has 2 aromatic rings. The predicted molar refractivity (Wildman–Crippen MR) is 116 cm³/mol. The smallest absolute Gasteiger partial charge is 0.269 e. The molecule has 0 radical (unpaired) electrons. The van der Waals surface area contributed by atoms with Crippen LogP contribution < -0.4 is 5.32 Å². The topological polar surface area (TPSA) is 95.8 Å². The fourth-order valence-electron chi connectivity index (χ4n) is 3.39. The minimum absolute atomic E-state index is 0.0615. The van der Waals surface area contributed by atoms with Gasteiger partial charge in [-0.05, 0) is 39.7 Å². The maximum absolute atomic E-state index is 13.3. The van der Waals surface area contributed by atoms with Crippen LogP contribution in [0.1, 0.15) is 22.3 Å². The largest absolute Gasteiger partial charge is 0.351 e. The zero-order chi connectivity index (χ0) is 22.4. The van der Waals surface area contributed by atoms with E-state index in [0.29, 0.717) is 37.2 Å². The van der Waals surface area contributed by atoms with Gasteiger partial charge in [-0.3, -0.25) is 24.6 Å². The molecule has 2 aromatic carbocycles. The second-order valence-electron chi connectivity index (χ2n) is 7.21. The average Bonchev–Trinajstić information content (AvgIpc) is 2.76. The van der Waals surface area contributed by atoms with Crippen LogP contribution in [0.15, 0.2) is 46.9 Å². The summed E-state index contributed by atoms with van der Waals surface area (Å²) in [6.07, 6.45) is 0.156. The van der Waals surface area contributed by atoms with Crippen molar-refractivity contribution in [1.82, 2.24) is 15.1 Å². The molecule has 0 spiro atoms. The summed E-state index contributed by atoms with van der Waals surface area (Å²) in [5.74, 6) is -1.01. The molecule has 10 heteroatoms. The summed E-state index contributed by atoms with van der Waals surface area (Å²) in [5, 5.41) is 13.6. The second-order valence-corrected chi connectivity index (χ2v) is 8.07. The van der Waals surface area contributed by atoms with E-state index >= 15 is 0 Å². The van der Waals surface area contributed by atoms with Gasteiger partial charge in [-0.25, -0.2) is 4.39 Å². The van der Waals surface area contributed by atoms with E-state index in [2.05, 4.69) is 26.1 Å². The molecule has 0 aliphatic carbocycles. The van der Waals surface area contributed by atoms with E-state index in [9.17, 15) is 24.1 Å². The highest BCUT2D eigenvalue weighted by Gasteiger charge is 2.21. The molecular formula is C21H22BrFN4O4. The Labute approximate surface area is 187 Å². The first-order valence-electron chi connectivity index (χ1n) is 9.80.